The van der Waals surface area contributed by atoms with Crippen molar-refractivity contribution in [3.8, 4) is 5.75 Å². The van der Waals surface area contributed by atoms with Crippen LogP contribution >= 0.6 is 0 Å². The fourth-order valence-electron chi connectivity index (χ4n) is 4.09. The Kier molecular flexibility index (Phi) is 6.58. The number of benzene rings is 1. The molecule has 0 aromatic heterocycles. The van der Waals surface area contributed by atoms with Crippen molar-refractivity contribution in [2.45, 2.75) is 58.1 Å². The van der Waals surface area contributed by atoms with E-state index in [9.17, 15) is 13.2 Å². The van der Waals surface area contributed by atoms with Crippen LogP contribution < -0.4 is 4.74 Å². The zero-order valence-corrected chi connectivity index (χ0v) is 18.9. The molecule has 0 aliphatic carbocycles. The van der Waals surface area contributed by atoms with Crippen LogP contribution in [0.3, 0.4) is 0 Å². The molecule has 1 aromatic carbocycles. The first kappa shape index (κ1) is 22.1. The number of hydrogen-bond donors (Lipinski definition) is 0. The van der Waals surface area contributed by atoms with Gasteiger partial charge in [-0.1, -0.05) is 32.9 Å². The molecule has 0 saturated carbocycles. The average molecular weight is 423 g/mol. The van der Waals surface area contributed by atoms with E-state index >= 15 is 0 Å². The molecule has 1 aromatic rings. The van der Waals surface area contributed by atoms with Gasteiger partial charge in [0.05, 0.1) is 11.5 Å². The molecular weight excluding hydrogens is 388 g/mol. The van der Waals surface area contributed by atoms with Crippen molar-refractivity contribution in [2.75, 3.05) is 37.7 Å². The lowest BCUT2D eigenvalue weighted by Crippen LogP contribution is -2.52. The highest BCUT2D eigenvalue weighted by Gasteiger charge is 2.32. The van der Waals surface area contributed by atoms with E-state index in [4.69, 9.17) is 4.74 Å². The Labute approximate surface area is 175 Å². The van der Waals surface area contributed by atoms with E-state index in [0.717, 1.165) is 12.8 Å². The van der Waals surface area contributed by atoms with Crippen molar-refractivity contribution in [1.29, 1.82) is 0 Å². The zero-order chi connectivity index (χ0) is 21.2. The zero-order valence-electron chi connectivity index (χ0n) is 18.1. The van der Waals surface area contributed by atoms with Gasteiger partial charge in [0.25, 0.3) is 5.91 Å². The van der Waals surface area contributed by atoms with Crippen LogP contribution in [0, 0.1) is 0 Å². The number of piperidine rings is 1. The summed E-state index contributed by atoms with van der Waals surface area (Å²) in [5, 5.41) is 0. The first-order valence-electron chi connectivity index (χ1n) is 10.6. The number of carbonyl (C=O) groups excluding carboxylic acids is 1. The molecule has 6 nitrogen and oxygen atoms in total. The Morgan fingerprint density at radius 2 is 1.59 bits per heavy atom. The number of carbonyl (C=O) groups is 1. The Morgan fingerprint density at radius 3 is 2.10 bits per heavy atom. The fourth-order valence-corrected chi connectivity index (χ4v) is 5.32. The van der Waals surface area contributed by atoms with Crippen LogP contribution in [0.5, 0.6) is 5.75 Å². The van der Waals surface area contributed by atoms with Gasteiger partial charge in [-0.3, -0.25) is 9.69 Å². The largest absolute Gasteiger partial charge is 0.481 e. The van der Waals surface area contributed by atoms with Gasteiger partial charge in [0, 0.05) is 32.2 Å². The lowest BCUT2D eigenvalue weighted by atomic mass is 9.87. The quantitative estimate of drug-likeness (QED) is 0.746. The van der Waals surface area contributed by atoms with Crippen molar-refractivity contribution in [1.82, 2.24) is 9.80 Å². The molecule has 29 heavy (non-hydrogen) atoms. The maximum Gasteiger partial charge on any atom is 0.263 e. The van der Waals surface area contributed by atoms with Crippen molar-refractivity contribution in [2.24, 2.45) is 0 Å². The van der Waals surface area contributed by atoms with E-state index < -0.39 is 15.9 Å². The first-order valence-corrected chi connectivity index (χ1v) is 12.4. The molecule has 0 spiro atoms. The van der Waals surface area contributed by atoms with Gasteiger partial charge in [-0.2, -0.15) is 0 Å². The number of ether oxygens (including phenoxy) is 1. The SMILES string of the molecule is CC(Oc1ccc(C(C)(C)C)cc1)C(=O)N1CCC(N2CCS(=O)(=O)CC2)CC1. The number of nitrogens with zero attached hydrogens (tertiary/aromatic N) is 2. The van der Waals surface area contributed by atoms with Crippen molar-refractivity contribution in [3.05, 3.63) is 29.8 Å². The van der Waals surface area contributed by atoms with Crippen LogP contribution in [-0.2, 0) is 20.0 Å². The molecule has 2 fully saturated rings. The van der Waals surface area contributed by atoms with Crippen LogP contribution in [0.15, 0.2) is 24.3 Å². The maximum atomic E-state index is 12.8. The molecular formula is C22H34N2O4S. The second-order valence-corrected chi connectivity index (χ2v) is 11.6. The smallest absolute Gasteiger partial charge is 0.263 e. The van der Waals surface area contributed by atoms with Gasteiger partial charge in [0.1, 0.15) is 5.75 Å². The molecule has 3 rings (SSSR count). The number of sulfone groups is 1. The minimum atomic E-state index is -2.85. The molecule has 1 unspecified atom stereocenters. The molecule has 0 N–H and O–H groups in total. The number of hydrogen-bond acceptors (Lipinski definition) is 5. The molecule has 0 bridgehead atoms. The third-order valence-corrected chi connectivity index (χ3v) is 7.66. The van der Waals surface area contributed by atoms with Gasteiger partial charge in [0.15, 0.2) is 15.9 Å². The summed E-state index contributed by atoms with van der Waals surface area (Å²) >= 11 is 0. The molecule has 0 radical (unpaired) electrons. The summed E-state index contributed by atoms with van der Waals surface area (Å²) in [5.41, 5.74) is 1.32. The lowest BCUT2D eigenvalue weighted by Gasteiger charge is -2.40. The molecule has 2 heterocycles. The molecule has 2 aliphatic rings. The van der Waals surface area contributed by atoms with Crippen LogP contribution in [-0.4, -0.2) is 74.0 Å². The van der Waals surface area contributed by atoms with Crippen LogP contribution in [0.1, 0.15) is 46.1 Å². The summed E-state index contributed by atoms with van der Waals surface area (Å²) in [6.45, 7) is 10.9. The van der Waals surface area contributed by atoms with Crippen LogP contribution in [0.4, 0.5) is 0 Å². The van der Waals surface area contributed by atoms with E-state index in [1.807, 2.05) is 24.0 Å². The van der Waals surface area contributed by atoms with E-state index in [1.165, 1.54) is 5.56 Å². The second-order valence-electron chi connectivity index (χ2n) is 9.28. The van der Waals surface area contributed by atoms with Gasteiger partial charge in [0.2, 0.25) is 0 Å². The topological polar surface area (TPSA) is 66.9 Å². The molecule has 2 aliphatic heterocycles. The van der Waals surface area contributed by atoms with Crippen LogP contribution in [0.2, 0.25) is 0 Å². The van der Waals surface area contributed by atoms with Crippen LogP contribution in [0.25, 0.3) is 0 Å². The molecule has 7 heteroatoms. The van der Waals surface area contributed by atoms with Crippen molar-refractivity contribution < 1.29 is 17.9 Å². The number of rotatable bonds is 4. The van der Waals surface area contributed by atoms with E-state index in [0.29, 0.717) is 38.0 Å². The molecule has 1 amide bonds. The third-order valence-electron chi connectivity index (χ3n) is 6.05. The third kappa shape index (κ3) is 5.72. The normalized spacial score (nSPS) is 22.3. The fraction of sp³-hybridized carbons (Fsp3) is 0.682. The second kappa shape index (κ2) is 8.64. The monoisotopic (exact) mass is 422 g/mol. The minimum absolute atomic E-state index is 0.0181. The summed E-state index contributed by atoms with van der Waals surface area (Å²) in [7, 11) is -2.85. The Bertz CT molecular complexity index is 792. The summed E-state index contributed by atoms with van der Waals surface area (Å²) in [6.07, 6.45) is 1.25. The summed E-state index contributed by atoms with van der Waals surface area (Å²) in [5.74, 6) is 1.24. The highest BCUT2D eigenvalue weighted by molar-refractivity contribution is 7.91. The van der Waals surface area contributed by atoms with Gasteiger partial charge in [-0.15, -0.1) is 0 Å². The molecule has 1 atom stereocenters. The first-order chi connectivity index (χ1) is 13.5. The number of amides is 1. The Balaban J connectivity index is 1.48. The Morgan fingerprint density at radius 1 is 1.03 bits per heavy atom. The number of likely N-dealkylation sites (tertiary alicyclic amines) is 1. The van der Waals surface area contributed by atoms with Crippen molar-refractivity contribution >= 4 is 15.7 Å². The van der Waals surface area contributed by atoms with E-state index in [2.05, 4.69) is 37.8 Å². The van der Waals surface area contributed by atoms with E-state index in [1.54, 1.807) is 0 Å². The van der Waals surface area contributed by atoms with Gasteiger partial charge >= 0.3 is 0 Å². The molecule has 162 valence electrons. The van der Waals surface area contributed by atoms with Gasteiger partial charge in [-0.25, -0.2) is 8.42 Å². The summed E-state index contributed by atoms with van der Waals surface area (Å²) in [6, 6.07) is 8.34. The maximum absolute atomic E-state index is 12.8. The van der Waals surface area contributed by atoms with Crippen molar-refractivity contribution in [3.63, 3.8) is 0 Å². The summed E-state index contributed by atoms with van der Waals surface area (Å²) in [4.78, 5) is 17.0. The average Bonchev–Trinajstić information content (AvgIpc) is 2.67. The summed E-state index contributed by atoms with van der Waals surface area (Å²) < 4.78 is 29.1. The highest BCUT2D eigenvalue weighted by Crippen LogP contribution is 2.25. The Hall–Kier alpha value is -1.60. The van der Waals surface area contributed by atoms with Gasteiger partial charge < -0.3 is 9.64 Å². The van der Waals surface area contributed by atoms with Gasteiger partial charge in [-0.05, 0) is 42.9 Å². The minimum Gasteiger partial charge on any atom is -0.481 e. The van der Waals surface area contributed by atoms with E-state index in [-0.39, 0.29) is 22.8 Å². The molecule has 2 saturated heterocycles. The highest BCUT2D eigenvalue weighted by atomic mass is 32.2. The predicted molar refractivity (Wildman–Crippen MR) is 115 cm³/mol. The standard InChI is InChI=1S/C22H34N2O4S/c1-17(28-20-7-5-18(6-8-20)22(2,3)4)21(25)24-11-9-19(10-12-24)23-13-15-29(26,27)16-14-23/h5-8,17,19H,9-16H2,1-4H3. The predicted octanol–water partition coefficient (Wildman–Crippen LogP) is 2.47. The lowest BCUT2D eigenvalue weighted by molar-refractivity contribution is -0.139.